The van der Waals surface area contributed by atoms with Crippen molar-refractivity contribution < 1.29 is 14.7 Å². The Morgan fingerprint density at radius 2 is 2.06 bits per heavy atom. The molecule has 3 heterocycles. The number of nitrogens with one attached hydrogen (secondary N) is 2. The maximum absolute atomic E-state index is 12.3. The van der Waals surface area contributed by atoms with E-state index in [1.54, 1.807) is 16.9 Å². The van der Waals surface area contributed by atoms with E-state index in [0.717, 1.165) is 39.6 Å². The van der Waals surface area contributed by atoms with Gasteiger partial charge in [0, 0.05) is 37.0 Å². The van der Waals surface area contributed by atoms with Crippen molar-refractivity contribution in [2.24, 2.45) is 0 Å². The molecule has 0 unspecified atom stereocenters. The van der Waals surface area contributed by atoms with Crippen LogP contribution in [0.5, 0.6) is 0 Å². The van der Waals surface area contributed by atoms with Gasteiger partial charge < -0.3 is 15.7 Å². The van der Waals surface area contributed by atoms with E-state index in [0.29, 0.717) is 25.8 Å². The van der Waals surface area contributed by atoms with Crippen LogP contribution in [-0.4, -0.2) is 31.7 Å². The van der Waals surface area contributed by atoms with Gasteiger partial charge in [-0.05, 0) is 61.6 Å². The van der Waals surface area contributed by atoms with Crippen LogP contribution in [0.1, 0.15) is 53.4 Å². The standard InChI is InChI=1S/C24H27N5O3/c1-15-11-16(2)29(28-15)22-8-3-17(13-25-22)14-26-23(31)10-7-21(30)19-4-6-20-18(12-19)5-9-24(32)27-20/h3-4,6,8,11-13,21,30H,5,7,9-10,14H2,1-2H3,(H,26,31)(H,27,32)/t21-/m1/s1. The summed E-state index contributed by atoms with van der Waals surface area (Å²) >= 11 is 0. The molecule has 0 fully saturated rings. The van der Waals surface area contributed by atoms with Crippen LogP contribution in [0.25, 0.3) is 5.82 Å². The van der Waals surface area contributed by atoms with Crippen LogP contribution in [0.3, 0.4) is 0 Å². The van der Waals surface area contributed by atoms with Crippen LogP contribution in [0.2, 0.25) is 0 Å². The summed E-state index contributed by atoms with van der Waals surface area (Å²) in [5.41, 5.74) is 5.41. The van der Waals surface area contributed by atoms with E-state index < -0.39 is 6.10 Å². The molecule has 8 nitrogen and oxygen atoms in total. The summed E-state index contributed by atoms with van der Waals surface area (Å²) < 4.78 is 1.79. The summed E-state index contributed by atoms with van der Waals surface area (Å²) in [4.78, 5) is 28.2. The summed E-state index contributed by atoms with van der Waals surface area (Å²) in [6.07, 6.45) is 2.65. The Hall–Kier alpha value is -3.52. The maximum Gasteiger partial charge on any atom is 0.224 e. The van der Waals surface area contributed by atoms with Gasteiger partial charge in [0.1, 0.15) is 0 Å². The van der Waals surface area contributed by atoms with Gasteiger partial charge in [0.05, 0.1) is 11.8 Å². The Balaban J connectivity index is 1.26. The molecule has 0 aliphatic carbocycles. The zero-order chi connectivity index (χ0) is 22.7. The lowest BCUT2D eigenvalue weighted by atomic mass is 9.96. The summed E-state index contributed by atoms with van der Waals surface area (Å²) in [5, 5.41) is 20.6. The molecular weight excluding hydrogens is 406 g/mol. The third-order valence-corrected chi connectivity index (χ3v) is 5.58. The number of nitrogens with zero attached hydrogens (tertiary/aromatic N) is 3. The molecule has 0 saturated carbocycles. The Labute approximate surface area is 186 Å². The van der Waals surface area contributed by atoms with Crippen molar-refractivity contribution in [1.29, 1.82) is 0 Å². The van der Waals surface area contributed by atoms with E-state index in [4.69, 9.17) is 0 Å². The number of amides is 2. The number of fused-ring (bicyclic) bond motifs is 1. The van der Waals surface area contributed by atoms with E-state index in [2.05, 4.69) is 20.7 Å². The highest BCUT2D eigenvalue weighted by Gasteiger charge is 2.17. The number of aliphatic hydroxyl groups excluding tert-OH is 1. The molecule has 3 N–H and O–H groups in total. The molecule has 2 aromatic heterocycles. The molecule has 0 saturated heterocycles. The lowest BCUT2D eigenvalue weighted by Gasteiger charge is -2.19. The number of carbonyl (C=O) groups excluding carboxylic acids is 2. The van der Waals surface area contributed by atoms with Crippen molar-refractivity contribution in [3.8, 4) is 5.82 Å². The first-order valence-electron chi connectivity index (χ1n) is 10.7. The smallest absolute Gasteiger partial charge is 0.224 e. The lowest BCUT2D eigenvalue weighted by Crippen LogP contribution is -2.23. The van der Waals surface area contributed by atoms with Gasteiger partial charge in [-0.3, -0.25) is 9.59 Å². The van der Waals surface area contributed by atoms with E-state index in [1.165, 1.54) is 0 Å². The van der Waals surface area contributed by atoms with Crippen molar-refractivity contribution in [3.05, 3.63) is 70.7 Å². The number of aromatic nitrogens is 3. The number of pyridine rings is 1. The minimum absolute atomic E-state index is 0.0129. The molecule has 1 aromatic carbocycles. The van der Waals surface area contributed by atoms with Gasteiger partial charge >= 0.3 is 0 Å². The topological polar surface area (TPSA) is 109 Å². The molecule has 1 atom stereocenters. The Morgan fingerprint density at radius 3 is 2.78 bits per heavy atom. The number of hydrogen-bond acceptors (Lipinski definition) is 5. The Bertz CT molecular complexity index is 1140. The Morgan fingerprint density at radius 1 is 1.22 bits per heavy atom. The minimum atomic E-state index is -0.731. The van der Waals surface area contributed by atoms with Crippen LogP contribution in [0.15, 0.2) is 42.6 Å². The molecule has 166 valence electrons. The minimum Gasteiger partial charge on any atom is -0.388 e. The van der Waals surface area contributed by atoms with E-state index in [1.807, 2.05) is 44.2 Å². The van der Waals surface area contributed by atoms with Crippen LogP contribution >= 0.6 is 0 Å². The summed E-state index contributed by atoms with van der Waals surface area (Å²) in [6, 6.07) is 11.3. The summed E-state index contributed by atoms with van der Waals surface area (Å²) in [5.74, 6) is 0.620. The van der Waals surface area contributed by atoms with Gasteiger partial charge in [0.2, 0.25) is 11.8 Å². The molecular formula is C24H27N5O3. The van der Waals surface area contributed by atoms with Crippen LogP contribution in [0, 0.1) is 13.8 Å². The number of rotatable bonds is 7. The van der Waals surface area contributed by atoms with Crippen LogP contribution in [0.4, 0.5) is 5.69 Å². The molecule has 1 aliphatic heterocycles. The van der Waals surface area contributed by atoms with E-state index in [-0.39, 0.29) is 18.2 Å². The summed E-state index contributed by atoms with van der Waals surface area (Å²) in [7, 11) is 0. The van der Waals surface area contributed by atoms with E-state index in [9.17, 15) is 14.7 Å². The fourth-order valence-corrected chi connectivity index (χ4v) is 3.84. The number of aliphatic hydroxyl groups is 1. The molecule has 0 bridgehead atoms. The molecule has 2 amide bonds. The number of benzene rings is 1. The number of carbonyl (C=O) groups is 2. The van der Waals surface area contributed by atoms with Gasteiger partial charge in [-0.2, -0.15) is 5.10 Å². The first kappa shape index (κ1) is 21.7. The van der Waals surface area contributed by atoms with Gasteiger partial charge in [-0.1, -0.05) is 18.2 Å². The SMILES string of the molecule is Cc1cc(C)n(-c2ccc(CNC(=O)CC[C@@H](O)c3ccc4c(c3)CCC(=O)N4)cn2)n1. The van der Waals surface area contributed by atoms with Gasteiger partial charge in [-0.15, -0.1) is 0 Å². The third kappa shape index (κ3) is 5.03. The summed E-state index contributed by atoms with van der Waals surface area (Å²) in [6.45, 7) is 4.29. The molecule has 1 aliphatic rings. The van der Waals surface area contributed by atoms with Crippen LogP contribution in [-0.2, 0) is 22.6 Å². The van der Waals surface area contributed by atoms with Crippen molar-refractivity contribution in [2.75, 3.05) is 5.32 Å². The first-order valence-corrected chi connectivity index (χ1v) is 10.7. The van der Waals surface area contributed by atoms with Crippen molar-refractivity contribution >= 4 is 17.5 Å². The van der Waals surface area contributed by atoms with Crippen molar-refractivity contribution in [2.45, 2.75) is 52.2 Å². The second-order valence-corrected chi connectivity index (χ2v) is 8.16. The van der Waals surface area contributed by atoms with Crippen molar-refractivity contribution in [3.63, 3.8) is 0 Å². The van der Waals surface area contributed by atoms with Gasteiger partial charge in [-0.25, -0.2) is 9.67 Å². The normalized spacial score (nSPS) is 13.9. The van der Waals surface area contributed by atoms with Gasteiger partial charge in [0.15, 0.2) is 5.82 Å². The molecule has 8 heteroatoms. The monoisotopic (exact) mass is 433 g/mol. The fourth-order valence-electron chi connectivity index (χ4n) is 3.84. The number of aryl methyl sites for hydroxylation is 3. The molecule has 3 aromatic rings. The maximum atomic E-state index is 12.3. The second kappa shape index (κ2) is 9.32. The average Bonchev–Trinajstić information content (AvgIpc) is 3.13. The molecule has 32 heavy (non-hydrogen) atoms. The second-order valence-electron chi connectivity index (χ2n) is 8.16. The highest BCUT2D eigenvalue weighted by Crippen LogP contribution is 2.27. The number of hydrogen-bond donors (Lipinski definition) is 3. The quantitative estimate of drug-likeness (QED) is 0.531. The highest BCUT2D eigenvalue weighted by atomic mass is 16.3. The lowest BCUT2D eigenvalue weighted by molar-refractivity contribution is -0.122. The van der Waals surface area contributed by atoms with Crippen molar-refractivity contribution in [1.82, 2.24) is 20.1 Å². The predicted molar refractivity (Wildman–Crippen MR) is 120 cm³/mol. The third-order valence-electron chi connectivity index (χ3n) is 5.58. The average molecular weight is 434 g/mol. The number of anilines is 1. The fraction of sp³-hybridized carbons (Fsp3) is 0.333. The Kier molecular flexibility index (Phi) is 6.32. The largest absolute Gasteiger partial charge is 0.388 e. The molecule has 4 rings (SSSR count). The molecule has 0 spiro atoms. The predicted octanol–water partition coefficient (Wildman–Crippen LogP) is 2.90. The van der Waals surface area contributed by atoms with Gasteiger partial charge in [0.25, 0.3) is 0 Å². The molecule has 0 radical (unpaired) electrons. The zero-order valence-electron chi connectivity index (χ0n) is 18.3. The highest BCUT2D eigenvalue weighted by molar-refractivity contribution is 5.93. The zero-order valence-corrected chi connectivity index (χ0v) is 18.3. The first-order chi connectivity index (χ1) is 15.4. The van der Waals surface area contributed by atoms with Crippen LogP contribution < -0.4 is 10.6 Å². The van der Waals surface area contributed by atoms with E-state index >= 15 is 0 Å².